The van der Waals surface area contributed by atoms with E-state index < -0.39 is 5.91 Å². The van der Waals surface area contributed by atoms with Gasteiger partial charge in [0.25, 0.3) is 5.91 Å². The van der Waals surface area contributed by atoms with Crippen LogP contribution in [0.2, 0.25) is 0 Å². The molecule has 33 heavy (non-hydrogen) atoms. The highest BCUT2D eigenvalue weighted by molar-refractivity contribution is 5.99. The first kappa shape index (κ1) is 20.5. The molecule has 5 aromatic rings. The molecule has 6 heteroatoms. The number of amides is 1. The lowest BCUT2D eigenvalue weighted by Crippen LogP contribution is -1.99. The van der Waals surface area contributed by atoms with Crippen molar-refractivity contribution in [1.29, 1.82) is 0 Å². The van der Waals surface area contributed by atoms with E-state index >= 15 is 0 Å². The molecule has 0 aliphatic rings. The Labute approximate surface area is 190 Å². The number of hydrogen-bond donors (Lipinski definition) is 1. The van der Waals surface area contributed by atoms with E-state index in [1.807, 2.05) is 48.5 Å². The maximum atomic E-state index is 12.7. The summed E-state index contributed by atoms with van der Waals surface area (Å²) in [5.74, 6) is -0.164. The van der Waals surface area contributed by atoms with Gasteiger partial charge in [-0.05, 0) is 34.5 Å². The SMILES string of the molecule is COc1ccccc1C(=O)N=Nc1c(O)n(Cc2cccc3ccccc23)c2ccccc12. The predicted octanol–water partition coefficient (Wildman–Crippen LogP) is 6.48. The molecule has 0 atom stereocenters. The van der Waals surface area contributed by atoms with Crippen molar-refractivity contribution in [2.24, 2.45) is 10.2 Å². The minimum absolute atomic E-state index is 0.0410. The lowest BCUT2D eigenvalue weighted by Gasteiger charge is -2.10. The number of azo groups is 1. The molecule has 0 aliphatic carbocycles. The van der Waals surface area contributed by atoms with Gasteiger partial charge in [0.1, 0.15) is 5.75 Å². The third kappa shape index (κ3) is 3.72. The number of aromatic hydroxyl groups is 1. The highest BCUT2D eigenvalue weighted by atomic mass is 16.5. The number of methoxy groups -OCH3 is 1. The van der Waals surface area contributed by atoms with Crippen LogP contribution in [0.4, 0.5) is 5.69 Å². The minimum atomic E-state index is -0.544. The van der Waals surface area contributed by atoms with Crippen LogP contribution in [0, 0.1) is 0 Å². The highest BCUT2D eigenvalue weighted by Gasteiger charge is 2.18. The van der Waals surface area contributed by atoms with Gasteiger partial charge in [0, 0.05) is 5.39 Å². The van der Waals surface area contributed by atoms with Gasteiger partial charge in [-0.1, -0.05) is 72.8 Å². The highest BCUT2D eigenvalue weighted by Crippen LogP contribution is 2.40. The summed E-state index contributed by atoms with van der Waals surface area (Å²) in [6, 6.07) is 28.6. The van der Waals surface area contributed by atoms with E-state index in [1.165, 1.54) is 7.11 Å². The second-order valence-electron chi connectivity index (χ2n) is 7.62. The maximum absolute atomic E-state index is 12.7. The standard InChI is InChI=1S/C27H21N3O3/c1-33-24-16-7-5-14-22(24)26(31)29-28-25-21-13-4-6-15-23(21)30(27(25)32)17-19-11-8-10-18-9-2-3-12-20(18)19/h2-16,32H,17H2,1H3. The third-order valence-electron chi connectivity index (χ3n) is 5.70. The summed E-state index contributed by atoms with van der Waals surface area (Å²) in [6.45, 7) is 0.448. The monoisotopic (exact) mass is 435 g/mol. The zero-order valence-electron chi connectivity index (χ0n) is 18.0. The largest absolute Gasteiger partial charge is 0.496 e. The Morgan fingerprint density at radius 2 is 1.58 bits per heavy atom. The summed E-state index contributed by atoms with van der Waals surface area (Å²) < 4.78 is 7.03. The van der Waals surface area contributed by atoms with Gasteiger partial charge in [-0.2, -0.15) is 0 Å². The van der Waals surface area contributed by atoms with Gasteiger partial charge in [0.2, 0.25) is 5.88 Å². The van der Waals surface area contributed by atoms with E-state index in [4.69, 9.17) is 4.74 Å². The number of nitrogens with zero attached hydrogens (tertiary/aromatic N) is 3. The van der Waals surface area contributed by atoms with Crippen LogP contribution in [0.1, 0.15) is 15.9 Å². The molecule has 1 amide bonds. The molecule has 0 spiro atoms. The minimum Gasteiger partial charge on any atom is -0.496 e. The molecule has 5 rings (SSSR count). The Kier molecular flexibility index (Phi) is 5.32. The molecule has 0 radical (unpaired) electrons. The van der Waals surface area contributed by atoms with Gasteiger partial charge in [-0.25, -0.2) is 0 Å². The van der Waals surface area contributed by atoms with Gasteiger partial charge in [-0.3, -0.25) is 4.79 Å². The van der Waals surface area contributed by atoms with Crippen LogP contribution in [-0.4, -0.2) is 22.7 Å². The second kappa shape index (κ2) is 8.59. The van der Waals surface area contributed by atoms with Crippen molar-refractivity contribution in [1.82, 2.24) is 4.57 Å². The van der Waals surface area contributed by atoms with Gasteiger partial charge in [0.05, 0.1) is 24.7 Å². The van der Waals surface area contributed by atoms with E-state index in [0.29, 0.717) is 23.2 Å². The molecular formula is C27H21N3O3. The molecule has 0 aliphatic heterocycles. The fourth-order valence-electron chi connectivity index (χ4n) is 4.10. The zero-order valence-corrected chi connectivity index (χ0v) is 18.0. The normalized spacial score (nSPS) is 11.4. The molecular weight excluding hydrogens is 414 g/mol. The number of carbonyl (C=O) groups excluding carboxylic acids is 1. The van der Waals surface area contributed by atoms with E-state index in [-0.39, 0.29) is 11.6 Å². The predicted molar refractivity (Wildman–Crippen MR) is 128 cm³/mol. The van der Waals surface area contributed by atoms with Crippen molar-refractivity contribution in [2.75, 3.05) is 7.11 Å². The Morgan fingerprint density at radius 3 is 2.42 bits per heavy atom. The number of ether oxygens (including phenoxy) is 1. The summed E-state index contributed by atoms with van der Waals surface area (Å²) in [7, 11) is 1.50. The molecule has 4 aromatic carbocycles. The number of fused-ring (bicyclic) bond motifs is 2. The van der Waals surface area contributed by atoms with Gasteiger partial charge < -0.3 is 14.4 Å². The summed E-state index contributed by atoms with van der Waals surface area (Å²) in [6.07, 6.45) is 0. The lowest BCUT2D eigenvalue weighted by atomic mass is 10.0. The quantitative estimate of drug-likeness (QED) is 0.321. The molecule has 1 aromatic heterocycles. The fourth-order valence-corrected chi connectivity index (χ4v) is 4.10. The van der Waals surface area contributed by atoms with E-state index in [9.17, 15) is 9.90 Å². The number of benzene rings is 4. The van der Waals surface area contributed by atoms with Crippen molar-refractivity contribution in [3.63, 3.8) is 0 Å². The Morgan fingerprint density at radius 1 is 0.879 bits per heavy atom. The zero-order chi connectivity index (χ0) is 22.8. The molecule has 0 fully saturated rings. The number of para-hydroxylation sites is 2. The van der Waals surface area contributed by atoms with Crippen molar-refractivity contribution in [3.8, 4) is 11.6 Å². The Balaban J connectivity index is 1.57. The second-order valence-corrected chi connectivity index (χ2v) is 7.62. The number of hydrogen-bond acceptors (Lipinski definition) is 4. The molecule has 0 saturated carbocycles. The smallest absolute Gasteiger partial charge is 0.299 e. The fraction of sp³-hybridized carbons (Fsp3) is 0.0741. The summed E-state index contributed by atoms with van der Waals surface area (Å²) >= 11 is 0. The van der Waals surface area contributed by atoms with Crippen LogP contribution in [0.3, 0.4) is 0 Å². The number of carbonyl (C=O) groups is 1. The topological polar surface area (TPSA) is 76.2 Å². The molecule has 162 valence electrons. The summed E-state index contributed by atoms with van der Waals surface area (Å²) in [5.41, 5.74) is 2.44. The number of rotatable bonds is 5. The van der Waals surface area contributed by atoms with Crippen LogP contribution in [0.15, 0.2) is 101 Å². The van der Waals surface area contributed by atoms with Crippen LogP contribution in [0.25, 0.3) is 21.7 Å². The molecule has 0 saturated heterocycles. The molecule has 1 heterocycles. The average Bonchev–Trinajstić information content (AvgIpc) is 3.13. The Bertz CT molecular complexity index is 1510. The van der Waals surface area contributed by atoms with E-state index in [1.54, 1.807) is 28.8 Å². The van der Waals surface area contributed by atoms with Crippen molar-refractivity contribution in [3.05, 3.63) is 102 Å². The average molecular weight is 435 g/mol. The number of aromatic nitrogens is 1. The van der Waals surface area contributed by atoms with Crippen molar-refractivity contribution in [2.45, 2.75) is 6.54 Å². The molecule has 0 unspecified atom stereocenters. The van der Waals surface area contributed by atoms with Crippen LogP contribution < -0.4 is 4.74 Å². The summed E-state index contributed by atoms with van der Waals surface area (Å²) in [5, 5.41) is 22.1. The van der Waals surface area contributed by atoms with Crippen LogP contribution >= 0.6 is 0 Å². The lowest BCUT2D eigenvalue weighted by molar-refractivity contribution is 0.0992. The van der Waals surface area contributed by atoms with E-state index in [2.05, 4.69) is 28.4 Å². The third-order valence-corrected chi connectivity index (χ3v) is 5.70. The first-order valence-electron chi connectivity index (χ1n) is 10.5. The van der Waals surface area contributed by atoms with Crippen molar-refractivity contribution < 1.29 is 14.6 Å². The molecule has 0 bridgehead atoms. The van der Waals surface area contributed by atoms with Crippen LogP contribution in [0.5, 0.6) is 11.6 Å². The van der Waals surface area contributed by atoms with Gasteiger partial charge in [-0.15, -0.1) is 10.2 Å². The first-order chi connectivity index (χ1) is 16.2. The van der Waals surface area contributed by atoms with E-state index in [0.717, 1.165) is 21.9 Å². The van der Waals surface area contributed by atoms with Crippen LogP contribution in [-0.2, 0) is 6.54 Å². The molecule has 1 N–H and O–H groups in total. The summed E-state index contributed by atoms with van der Waals surface area (Å²) in [4.78, 5) is 12.7. The maximum Gasteiger partial charge on any atom is 0.299 e. The van der Waals surface area contributed by atoms with Gasteiger partial charge in [0.15, 0.2) is 5.69 Å². The Hall–Kier alpha value is -4.45. The molecule has 6 nitrogen and oxygen atoms in total. The first-order valence-corrected chi connectivity index (χ1v) is 10.5. The van der Waals surface area contributed by atoms with Gasteiger partial charge >= 0.3 is 0 Å². The van der Waals surface area contributed by atoms with Crippen molar-refractivity contribution >= 4 is 33.3 Å².